The maximum Gasteiger partial charge on any atom is 0.228 e. The van der Waals surface area contributed by atoms with E-state index in [1.807, 2.05) is 12.1 Å². The number of rotatable bonds is 3. The molecule has 2 unspecified atom stereocenters. The Kier molecular flexibility index (Phi) is 3.68. The zero-order chi connectivity index (χ0) is 15.9. The summed E-state index contributed by atoms with van der Waals surface area (Å²) >= 11 is 0. The zero-order valence-electron chi connectivity index (χ0n) is 13.5. The summed E-state index contributed by atoms with van der Waals surface area (Å²) in [6.45, 7) is 5.42. The van der Waals surface area contributed by atoms with Crippen molar-refractivity contribution >= 4 is 22.7 Å². The van der Waals surface area contributed by atoms with Crippen LogP contribution >= 0.6 is 0 Å². The van der Waals surface area contributed by atoms with E-state index in [1.165, 1.54) is 0 Å². The molecule has 1 aliphatic heterocycles. The highest BCUT2D eigenvalue weighted by Gasteiger charge is 2.29. The molecule has 0 radical (unpaired) electrons. The Labute approximate surface area is 130 Å². The lowest BCUT2D eigenvalue weighted by Gasteiger charge is -2.24. The first-order valence-corrected chi connectivity index (χ1v) is 7.51. The predicted molar refractivity (Wildman–Crippen MR) is 87.6 cm³/mol. The molecule has 2 N–H and O–H groups in total. The van der Waals surface area contributed by atoms with E-state index in [1.54, 1.807) is 14.2 Å². The Bertz CT molecular complexity index is 704. The number of methoxy groups -OCH3 is 2. The molecule has 6 heteroatoms. The Balaban J connectivity index is 2.11. The molecule has 1 aliphatic rings. The molecule has 1 aromatic carbocycles. The summed E-state index contributed by atoms with van der Waals surface area (Å²) in [6.07, 6.45) is 1.15. The van der Waals surface area contributed by atoms with E-state index >= 15 is 0 Å². The van der Waals surface area contributed by atoms with Crippen molar-refractivity contribution in [1.82, 2.24) is 9.97 Å². The van der Waals surface area contributed by atoms with Crippen molar-refractivity contribution < 1.29 is 9.47 Å². The molecule has 3 rings (SSSR count). The minimum atomic E-state index is 0.414. The van der Waals surface area contributed by atoms with Gasteiger partial charge in [0.1, 0.15) is 5.82 Å². The number of fused-ring (bicyclic) bond motifs is 1. The van der Waals surface area contributed by atoms with Crippen LogP contribution in [0.15, 0.2) is 12.1 Å². The first-order chi connectivity index (χ1) is 10.5. The quantitative estimate of drug-likeness (QED) is 0.939. The summed E-state index contributed by atoms with van der Waals surface area (Å²) < 4.78 is 10.7. The van der Waals surface area contributed by atoms with Crippen LogP contribution in [0.1, 0.15) is 20.3 Å². The number of nitrogens with zero attached hydrogens (tertiary/aromatic N) is 3. The molecule has 1 fully saturated rings. The van der Waals surface area contributed by atoms with E-state index in [0.29, 0.717) is 35.2 Å². The van der Waals surface area contributed by atoms with Crippen LogP contribution in [0.3, 0.4) is 0 Å². The van der Waals surface area contributed by atoms with Gasteiger partial charge < -0.3 is 20.1 Å². The highest BCUT2D eigenvalue weighted by molar-refractivity contribution is 5.91. The molecular weight excluding hydrogens is 280 g/mol. The fourth-order valence-corrected chi connectivity index (χ4v) is 2.97. The largest absolute Gasteiger partial charge is 0.493 e. The van der Waals surface area contributed by atoms with Crippen molar-refractivity contribution in [1.29, 1.82) is 0 Å². The summed E-state index contributed by atoms with van der Waals surface area (Å²) in [4.78, 5) is 11.4. The predicted octanol–water partition coefficient (Wildman–Crippen LogP) is 2.46. The summed E-state index contributed by atoms with van der Waals surface area (Å²) in [5.74, 6) is 3.05. The molecule has 0 spiro atoms. The molecule has 6 nitrogen and oxygen atoms in total. The third-order valence-electron chi connectivity index (χ3n) is 4.62. The van der Waals surface area contributed by atoms with Crippen LogP contribution in [0, 0.1) is 5.92 Å². The monoisotopic (exact) mass is 302 g/mol. The van der Waals surface area contributed by atoms with E-state index in [0.717, 1.165) is 23.9 Å². The lowest BCUT2D eigenvalue weighted by molar-refractivity contribution is 0.356. The molecule has 0 aliphatic carbocycles. The highest BCUT2D eigenvalue weighted by Crippen LogP contribution is 2.35. The standard InChI is InChI=1S/C16H22N4O2/c1-9-5-6-20(10(9)2)16-18-12-8-14(22-4)13(21-3)7-11(12)15(17)19-16/h7-10H,5-6H2,1-4H3,(H2,17,18,19). The number of nitrogens with two attached hydrogens (primary N) is 1. The van der Waals surface area contributed by atoms with Gasteiger partial charge in [0.15, 0.2) is 11.5 Å². The second-order valence-electron chi connectivity index (χ2n) is 5.83. The molecule has 118 valence electrons. The Hall–Kier alpha value is -2.24. The van der Waals surface area contributed by atoms with Gasteiger partial charge >= 0.3 is 0 Å². The first-order valence-electron chi connectivity index (χ1n) is 7.51. The van der Waals surface area contributed by atoms with E-state index < -0.39 is 0 Å². The van der Waals surface area contributed by atoms with E-state index in [4.69, 9.17) is 15.2 Å². The van der Waals surface area contributed by atoms with Crippen LogP contribution in [0.5, 0.6) is 11.5 Å². The van der Waals surface area contributed by atoms with Crippen molar-refractivity contribution in [3.63, 3.8) is 0 Å². The lowest BCUT2D eigenvalue weighted by Crippen LogP contribution is -2.30. The molecule has 2 heterocycles. The van der Waals surface area contributed by atoms with Crippen LogP contribution in [0.2, 0.25) is 0 Å². The molecular formula is C16H22N4O2. The molecule has 1 saturated heterocycles. The molecule has 2 aromatic rings. The third-order valence-corrected chi connectivity index (χ3v) is 4.62. The highest BCUT2D eigenvalue weighted by atomic mass is 16.5. The topological polar surface area (TPSA) is 73.5 Å². The molecule has 2 atom stereocenters. The maximum absolute atomic E-state index is 6.15. The van der Waals surface area contributed by atoms with Gasteiger partial charge in [0.05, 0.1) is 19.7 Å². The van der Waals surface area contributed by atoms with Gasteiger partial charge in [-0.3, -0.25) is 0 Å². The van der Waals surface area contributed by atoms with E-state index in [9.17, 15) is 0 Å². The minimum absolute atomic E-state index is 0.414. The van der Waals surface area contributed by atoms with Crippen molar-refractivity contribution in [3.8, 4) is 11.5 Å². The minimum Gasteiger partial charge on any atom is -0.493 e. The number of hydrogen-bond acceptors (Lipinski definition) is 6. The van der Waals surface area contributed by atoms with Gasteiger partial charge in [0.25, 0.3) is 0 Å². The van der Waals surface area contributed by atoms with Crippen LogP contribution in [0.4, 0.5) is 11.8 Å². The fraction of sp³-hybridized carbons (Fsp3) is 0.500. The van der Waals surface area contributed by atoms with Crippen molar-refractivity contribution in [2.45, 2.75) is 26.3 Å². The number of aromatic nitrogens is 2. The van der Waals surface area contributed by atoms with Crippen molar-refractivity contribution in [2.24, 2.45) is 5.92 Å². The number of hydrogen-bond donors (Lipinski definition) is 1. The Morgan fingerprint density at radius 1 is 1.14 bits per heavy atom. The smallest absolute Gasteiger partial charge is 0.228 e. The fourth-order valence-electron chi connectivity index (χ4n) is 2.97. The maximum atomic E-state index is 6.15. The second-order valence-corrected chi connectivity index (χ2v) is 5.83. The Morgan fingerprint density at radius 3 is 2.41 bits per heavy atom. The van der Waals surface area contributed by atoms with Gasteiger partial charge in [-0.1, -0.05) is 6.92 Å². The van der Waals surface area contributed by atoms with Gasteiger partial charge in [0, 0.05) is 24.0 Å². The SMILES string of the molecule is COc1cc2nc(N3CCC(C)C3C)nc(N)c2cc1OC. The summed E-state index contributed by atoms with van der Waals surface area (Å²) in [5.41, 5.74) is 6.92. The lowest BCUT2D eigenvalue weighted by atomic mass is 10.1. The molecule has 0 bridgehead atoms. The molecule has 22 heavy (non-hydrogen) atoms. The van der Waals surface area contributed by atoms with E-state index in [2.05, 4.69) is 28.7 Å². The normalized spacial score (nSPS) is 21.4. The van der Waals surface area contributed by atoms with Gasteiger partial charge in [0.2, 0.25) is 5.95 Å². The first kappa shape index (κ1) is 14.7. The van der Waals surface area contributed by atoms with Crippen LogP contribution in [-0.2, 0) is 0 Å². The average Bonchev–Trinajstić information content (AvgIpc) is 2.85. The van der Waals surface area contributed by atoms with Crippen molar-refractivity contribution in [2.75, 3.05) is 31.4 Å². The molecule has 1 aromatic heterocycles. The Morgan fingerprint density at radius 2 is 1.82 bits per heavy atom. The number of benzene rings is 1. The van der Waals surface area contributed by atoms with Gasteiger partial charge in [-0.15, -0.1) is 0 Å². The number of anilines is 2. The van der Waals surface area contributed by atoms with Gasteiger partial charge in [-0.2, -0.15) is 4.98 Å². The molecule has 0 amide bonds. The average molecular weight is 302 g/mol. The summed E-state index contributed by atoms with van der Waals surface area (Å²) in [7, 11) is 3.21. The van der Waals surface area contributed by atoms with Gasteiger partial charge in [-0.05, 0) is 25.3 Å². The zero-order valence-corrected chi connectivity index (χ0v) is 13.5. The number of ether oxygens (including phenoxy) is 2. The van der Waals surface area contributed by atoms with Crippen LogP contribution in [-0.4, -0.2) is 36.8 Å². The van der Waals surface area contributed by atoms with Gasteiger partial charge in [-0.25, -0.2) is 4.98 Å². The number of nitrogen functional groups attached to an aromatic ring is 1. The molecule has 0 saturated carbocycles. The second kappa shape index (κ2) is 5.51. The third kappa shape index (κ3) is 2.28. The van der Waals surface area contributed by atoms with E-state index in [-0.39, 0.29) is 0 Å². The van der Waals surface area contributed by atoms with Crippen LogP contribution in [0.25, 0.3) is 10.9 Å². The summed E-state index contributed by atoms with van der Waals surface area (Å²) in [5, 5.41) is 0.779. The summed E-state index contributed by atoms with van der Waals surface area (Å²) in [6, 6.07) is 4.08. The van der Waals surface area contributed by atoms with Crippen molar-refractivity contribution in [3.05, 3.63) is 12.1 Å². The van der Waals surface area contributed by atoms with Crippen LogP contribution < -0.4 is 20.1 Å².